The van der Waals surface area contributed by atoms with E-state index in [4.69, 9.17) is 4.74 Å². The van der Waals surface area contributed by atoms with E-state index >= 15 is 0 Å². The van der Waals surface area contributed by atoms with Crippen LogP contribution in [0.1, 0.15) is 39.0 Å². The van der Waals surface area contributed by atoms with Gasteiger partial charge in [-0.05, 0) is 57.5 Å². The topological polar surface area (TPSA) is 29.5 Å². The Bertz CT molecular complexity index is 431. The molecule has 2 aliphatic carbocycles. The first-order valence-electron chi connectivity index (χ1n) is 7.93. The number of hydrogen-bond acceptors (Lipinski definition) is 3. The standard InChI is InChI=1S/C17H27NO2/c1-11-6-5-7-17(2)9-15-12(8-14(11)17)13(10-18(3)4)16(19)20-15/h12-15H,1,5-10H2,2-4H3/t12-,13+,14+,15+,17+/m0/s1. The van der Waals surface area contributed by atoms with Crippen molar-refractivity contribution in [1.82, 2.24) is 4.90 Å². The van der Waals surface area contributed by atoms with E-state index in [1.165, 1.54) is 24.8 Å². The molecule has 2 saturated carbocycles. The molecule has 0 spiro atoms. The Kier molecular flexibility index (Phi) is 3.44. The zero-order valence-electron chi connectivity index (χ0n) is 13.0. The highest BCUT2D eigenvalue weighted by Crippen LogP contribution is 2.56. The van der Waals surface area contributed by atoms with Crippen LogP contribution in [-0.2, 0) is 9.53 Å². The van der Waals surface area contributed by atoms with Crippen molar-refractivity contribution in [3.05, 3.63) is 12.2 Å². The van der Waals surface area contributed by atoms with Gasteiger partial charge in [0.25, 0.3) is 0 Å². The third kappa shape index (κ3) is 2.20. The highest BCUT2D eigenvalue weighted by molar-refractivity contribution is 5.75. The van der Waals surface area contributed by atoms with Crippen molar-refractivity contribution in [3.63, 3.8) is 0 Å². The van der Waals surface area contributed by atoms with E-state index < -0.39 is 0 Å². The first-order chi connectivity index (χ1) is 9.40. The average Bonchev–Trinajstić information content (AvgIpc) is 2.62. The Hall–Kier alpha value is -0.830. The van der Waals surface area contributed by atoms with Crippen LogP contribution in [0.3, 0.4) is 0 Å². The Balaban J connectivity index is 1.82. The zero-order chi connectivity index (χ0) is 14.5. The number of esters is 1. The molecule has 1 heterocycles. The summed E-state index contributed by atoms with van der Waals surface area (Å²) in [5, 5.41) is 0. The predicted molar refractivity (Wildman–Crippen MR) is 79.2 cm³/mol. The summed E-state index contributed by atoms with van der Waals surface area (Å²) in [5.41, 5.74) is 1.73. The van der Waals surface area contributed by atoms with E-state index in [9.17, 15) is 4.79 Å². The number of carbonyl (C=O) groups excluding carboxylic acids is 1. The molecular weight excluding hydrogens is 250 g/mol. The molecule has 0 aromatic rings. The van der Waals surface area contributed by atoms with Gasteiger partial charge in [-0.2, -0.15) is 0 Å². The minimum atomic E-state index is 0.0292. The highest BCUT2D eigenvalue weighted by atomic mass is 16.6. The fraction of sp³-hybridized carbons (Fsp3) is 0.824. The summed E-state index contributed by atoms with van der Waals surface area (Å²) in [6, 6.07) is 0. The molecule has 3 heteroatoms. The van der Waals surface area contributed by atoms with Crippen LogP contribution in [0.15, 0.2) is 12.2 Å². The van der Waals surface area contributed by atoms with Crippen LogP contribution in [0.4, 0.5) is 0 Å². The monoisotopic (exact) mass is 277 g/mol. The van der Waals surface area contributed by atoms with E-state index in [1.807, 2.05) is 14.1 Å². The molecule has 0 amide bonds. The molecule has 20 heavy (non-hydrogen) atoms. The van der Waals surface area contributed by atoms with Crippen LogP contribution in [0, 0.1) is 23.2 Å². The molecule has 0 unspecified atom stereocenters. The molecule has 0 aromatic carbocycles. The normalized spacial score (nSPS) is 44.2. The average molecular weight is 277 g/mol. The maximum absolute atomic E-state index is 12.2. The van der Waals surface area contributed by atoms with Crippen LogP contribution < -0.4 is 0 Å². The van der Waals surface area contributed by atoms with Crippen LogP contribution in [0.2, 0.25) is 0 Å². The van der Waals surface area contributed by atoms with E-state index in [0.29, 0.717) is 17.3 Å². The Morgan fingerprint density at radius 3 is 2.90 bits per heavy atom. The third-order valence-electron chi connectivity index (χ3n) is 5.88. The summed E-state index contributed by atoms with van der Waals surface area (Å²) >= 11 is 0. The molecular formula is C17H27NO2. The van der Waals surface area contributed by atoms with E-state index in [2.05, 4.69) is 18.4 Å². The Labute approximate surface area is 122 Å². The molecule has 0 N–H and O–H groups in total. The molecule has 1 saturated heterocycles. The maximum Gasteiger partial charge on any atom is 0.310 e. The molecule has 112 valence electrons. The van der Waals surface area contributed by atoms with Crippen molar-refractivity contribution < 1.29 is 9.53 Å². The van der Waals surface area contributed by atoms with Crippen molar-refractivity contribution in [2.24, 2.45) is 23.2 Å². The lowest BCUT2D eigenvalue weighted by Crippen LogP contribution is -2.45. The molecule has 3 nitrogen and oxygen atoms in total. The molecule has 5 atom stereocenters. The van der Waals surface area contributed by atoms with Gasteiger partial charge >= 0.3 is 5.97 Å². The maximum atomic E-state index is 12.2. The molecule has 1 aliphatic heterocycles. The van der Waals surface area contributed by atoms with Gasteiger partial charge in [0.1, 0.15) is 6.10 Å². The van der Waals surface area contributed by atoms with Crippen molar-refractivity contribution in [2.45, 2.75) is 45.1 Å². The van der Waals surface area contributed by atoms with Crippen molar-refractivity contribution in [2.75, 3.05) is 20.6 Å². The molecule has 3 fully saturated rings. The number of hydrogen-bond donors (Lipinski definition) is 0. The fourth-order valence-electron chi connectivity index (χ4n) is 4.86. The molecule has 0 aromatic heterocycles. The number of fused-ring (bicyclic) bond motifs is 2. The highest BCUT2D eigenvalue weighted by Gasteiger charge is 2.54. The van der Waals surface area contributed by atoms with Gasteiger partial charge in [-0.25, -0.2) is 0 Å². The summed E-state index contributed by atoms with van der Waals surface area (Å²) in [5.74, 6) is 1.09. The van der Waals surface area contributed by atoms with Crippen LogP contribution in [0.5, 0.6) is 0 Å². The van der Waals surface area contributed by atoms with E-state index in [-0.39, 0.29) is 18.0 Å². The minimum absolute atomic E-state index is 0.0292. The second-order valence-corrected chi connectivity index (χ2v) is 7.67. The Morgan fingerprint density at radius 1 is 1.45 bits per heavy atom. The number of carbonyl (C=O) groups is 1. The number of nitrogens with zero attached hydrogens (tertiary/aromatic N) is 1. The Morgan fingerprint density at radius 2 is 2.20 bits per heavy atom. The quantitative estimate of drug-likeness (QED) is 0.574. The molecule has 0 bridgehead atoms. The van der Waals surface area contributed by atoms with E-state index in [0.717, 1.165) is 19.4 Å². The summed E-state index contributed by atoms with van der Waals surface area (Å²) in [6.45, 7) is 7.52. The van der Waals surface area contributed by atoms with Gasteiger partial charge in [0.2, 0.25) is 0 Å². The van der Waals surface area contributed by atoms with E-state index in [1.54, 1.807) is 0 Å². The number of rotatable bonds is 2. The first-order valence-corrected chi connectivity index (χ1v) is 7.93. The van der Waals surface area contributed by atoms with Crippen LogP contribution in [-0.4, -0.2) is 37.6 Å². The number of ether oxygens (including phenoxy) is 1. The second kappa shape index (κ2) is 4.87. The van der Waals surface area contributed by atoms with Gasteiger partial charge in [-0.15, -0.1) is 0 Å². The minimum Gasteiger partial charge on any atom is -0.462 e. The molecule has 0 radical (unpaired) electrons. The van der Waals surface area contributed by atoms with Gasteiger partial charge in [-0.1, -0.05) is 19.1 Å². The van der Waals surface area contributed by atoms with Gasteiger partial charge < -0.3 is 9.64 Å². The first kappa shape index (κ1) is 14.1. The zero-order valence-corrected chi connectivity index (χ0v) is 13.0. The summed E-state index contributed by atoms with van der Waals surface area (Å²) in [4.78, 5) is 14.3. The molecule has 3 aliphatic rings. The SMILES string of the molecule is C=C1CCC[C@]2(C)C[C@H]3OC(=O)[C@H](CN(C)C)[C@@H]3C[C@H]12. The van der Waals surface area contributed by atoms with Crippen LogP contribution in [0.25, 0.3) is 0 Å². The number of allylic oxidation sites excluding steroid dienone is 1. The summed E-state index contributed by atoms with van der Waals surface area (Å²) < 4.78 is 5.73. The van der Waals surface area contributed by atoms with Crippen molar-refractivity contribution in [1.29, 1.82) is 0 Å². The summed E-state index contributed by atoms with van der Waals surface area (Å²) in [7, 11) is 4.07. The molecule has 3 rings (SSSR count). The predicted octanol–water partition coefficient (Wildman–Crippen LogP) is 2.86. The van der Waals surface area contributed by atoms with Gasteiger partial charge in [0.15, 0.2) is 0 Å². The third-order valence-corrected chi connectivity index (χ3v) is 5.88. The largest absolute Gasteiger partial charge is 0.462 e. The van der Waals surface area contributed by atoms with Crippen molar-refractivity contribution >= 4 is 5.97 Å². The van der Waals surface area contributed by atoms with Gasteiger partial charge in [0.05, 0.1) is 5.92 Å². The lowest BCUT2D eigenvalue weighted by Gasteiger charge is -2.50. The fourth-order valence-corrected chi connectivity index (χ4v) is 4.86. The van der Waals surface area contributed by atoms with Crippen LogP contribution >= 0.6 is 0 Å². The lowest BCUT2D eigenvalue weighted by atomic mass is 9.55. The van der Waals surface area contributed by atoms with Crippen molar-refractivity contribution in [3.8, 4) is 0 Å². The second-order valence-electron chi connectivity index (χ2n) is 7.67. The van der Waals surface area contributed by atoms with Gasteiger partial charge in [-0.3, -0.25) is 4.79 Å². The lowest BCUT2D eigenvalue weighted by molar-refractivity contribution is -0.146. The smallest absolute Gasteiger partial charge is 0.310 e. The summed E-state index contributed by atoms with van der Waals surface area (Å²) in [6.07, 6.45) is 5.97. The van der Waals surface area contributed by atoms with Gasteiger partial charge in [0, 0.05) is 12.5 Å².